The normalized spacial score (nSPS) is 14.1. The van der Waals surface area contributed by atoms with Crippen LogP contribution in [-0.4, -0.2) is 11.8 Å². The summed E-state index contributed by atoms with van der Waals surface area (Å²) in [6.07, 6.45) is 1.75. The average Bonchev–Trinajstić information content (AvgIpc) is 3.19. The molecular weight excluding hydrogens is 396 g/mol. The SMILES string of the molecule is Cc1ccsc1/C=C1\Oc2cc(OC(=O)c3ccc(Cl)cc3)cc(C)c2C1=O. The van der Waals surface area contributed by atoms with E-state index in [9.17, 15) is 9.59 Å². The summed E-state index contributed by atoms with van der Waals surface area (Å²) >= 11 is 7.39. The van der Waals surface area contributed by atoms with E-state index in [0.29, 0.717) is 33.2 Å². The van der Waals surface area contributed by atoms with Gasteiger partial charge in [0.2, 0.25) is 5.78 Å². The third kappa shape index (κ3) is 3.46. The standard InChI is InChI=1S/C22H15ClO4S/c1-12-7-8-28-19(12)11-18-21(24)20-13(2)9-16(10-17(20)27-18)26-22(25)14-3-5-15(23)6-4-14/h3-11H,1-2H3/b18-11-. The van der Waals surface area contributed by atoms with Crippen molar-refractivity contribution in [2.24, 2.45) is 0 Å². The molecule has 0 spiro atoms. The zero-order valence-corrected chi connectivity index (χ0v) is 16.7. The van der Waals surface area contributed by atoms with Crippen molar-refractivity contribution >= 4 is 40.8 Å². The molecule has 0 saturated heterocycles. The lowest BCUT2D eigenvalue weighted by Crippen LogP contribution is -2.08. The number of aryl methyl sites for hydroxylation is 2. The van der Waals surface area contributed by atoms with Crippen molar-refractivity contribution in [3.63, 3.8) is 0 Å². The van der Waals surface area contributed by atoms with Gasteiger partial charge in [-0.3, -0.25) is 4.79 Å². The van der Waals surface area contributed by atoms with Crippen molar-refractivity contribution in [2.75, 3.05) is 0 Å². The molecular formula is C22H15ClO4S. The highest BCUT2D eigenvalue weighted by molar-refractivity contribution is 7.11. The fraction of sp³-hybridized carbons (Fsp3) is 0.0909. The maximum absolute atomic E-state index is 12.7. The number of rotatable bonds is 3. The summed E-state index contributed by atoms with van der Waals surface area (Å²) in [6, 6.07) is 11.6. The fourth-order valence-corrected chi connectivity index (χ4v) is 3.91. The number of Topliss-reactive ketones (excluding diaryl/α,β-unsaturated/α-hetero) is 1. The Morgan fingerprint density at radius 1 is 1.11 bits per heavy atom. The minimum Gasteiger partial charge on any atom is -0.452 e. The number of hydrogen-bond donors (Lipinski definition) is 0. The van der Waals surface area contributed by atoms with Crippen LogP contribution in [0, 0.1) is 13.8 Å². The zero-order chi connectivity index (χ0) is 19.8. The molecule has 0 atom stereocenters. The number of halogens is 1. The van der Waals surface area contributed by atoms with Crippen molar-refractivity contribution in [1.82, 2.24) is 0 Å². The van der Waals surface area contributed by atoms with E-state index < -0.39 is 5.97 Å². The third-order valence-electron chi connectivity index (χ3n) is 4.40. The second kappa shape index (κ2) is 7.26. The highest BCUT2D eigenvalue weighted by atomic mass is 35.5. The molecule has 28 heavy (non-hydrogen) atoms. The first-order chi connectivity index (χ1) is 13.4. The molecule has 4 rings (SSSR count). The van der Waals surface area contributed by atoms with Crippen LogP contribution in [0.25, 0.3) is 6.08 Å². The van der Waals surface area contributed by atoms with E-state index in [-0.39, 0.29) is 11.5 Å². The molecule has 3 aromatic rings. The third-order valence-corrected chi connectivity index (χ3v) is 5.62. The van der Waals surface area contributed by atoms with Gasteiger partial charge in [0.25, 0.3) is 0 Å². The van der Waals surface area contributed by atoms with Gasteiger partial charge in [0.1, 0.15) is 11.5 Å². The van der Waals surface area contributed by atoms with E-state index >= 15 is 0 Å². The number of fused-ring (bicyclic) bond motifs is 1. The highest BCUT2D eigenvalue weighted by Gasteiger charge is 2.30. The summed E-state index contributed by atoms with van der Waals surface area (Å²) in [5.74, 6) is 0.299. The number of hydrogen-bond acceptors (Lipinski definition) is 5. The number of allylic oxidation sites excluding steroid dienone is 1. The van der Waals surface area contributed by atoms with Gasteiger partial charge in [-0.05, 0) is 66.8 Å². The van der Waals surface area contributed by atoms with Gasteiger partial charge in [-0.25, -0.2) is 4.79 Å². The first kappa shape index (κ1) is 18.5. The summed E-state index contributed by atoms with van der Waals surface area (Å²) in [5, 5.41) is 2.51. The molecule has 140 valence electrons. The van der Waals surface area contributed by atoms with Crippen LogP contribution in [0.4, 0.5) is 0 Å². The summed E-state index contributed by atoms with van der Waals surface area (Å²) < 4.78 is 11.2. The molecule has 0 N–H and O–H groups in total. The second-order valence-corrected chi connectivity index (χ2v) is 7.80. The number of esters is 1. The Labute approximate surface area is 171 Å². The largest absolute Gasteiger partial charge is 0.452 e. The van der Waals surface area contributed by atoms with Gasteiger partial charge in [0.05, 0.1) is 11.1 Å². The first-order valence-electron chi connectivity index (χ1n) is 8.53. The Bertz CT molecular complexity index is 1130. The lowest BCUT2D eigenvalue weighted by Gasteiger charge is -2.08. The van der Waals surface area contributed by atoms with Gasteiger partial charge in [0.15, 0.2) is 5.76 Å². The molecule has 0 saturated carbocycles. The van der Waals surface area contributed by atoms with Gasteiger partial charge >= 0.3 is 5.97 Å². The lowest BCUT2D eigenvalue weighted by atomic mass is 10.0. The topological polar surface area (TPSA) is 52.6 Å². The number of carbonyl (C=O) groups is 2. The minimum absolute atomic E-state index is 0.170. The van der Waals surface area contributed by atoms with Gasteiger partial charge in [-0.15, -0.1) is 11.3 Å². The van der Waals surface area contributed by atoms with Crippen molar-refractivity contribution in [2.45, 2.75) is 13.8 Å². The predicted molar refractivity (Wildman–Crippen MR) is 110 cm³/mol. The van der Waals surface area contributed by atoms with E-state index in [1.54, 1.807) is 60.7 Å². The highest BCUT2D eigenvalue weighted by Crippen LogP contribution is 2.38. The summed E-state index contributed by atoms with van der Waals surface area (Å²) in [7, 11) is 0. The molecule has 0 unspecified atom stereocenters. The van der Waals surface area contributed by atoms with Crippen LogP contribution in [0.2, 0.25) is 5.02 Å². The maximum Gasteiger partial charge on any atom is 0.343 e. The van der Waals surface area contributed by atoms with Crippen molar-refractivity contribution in [3.8, 4) is 11.5 Å². The Kier molecular flexibility index (Phi) is 4.79. The summed E-state index contributed by atoms with van der Waals surface area (Å²) in [6.45, 7) is 3.77. The van der Waals surface area contributed by atoms with Crippen molar-refractivity contribution in [1.29, 1.82) is 0 Å². The minimum atomic E-state index is -0.509. The molecule has 1 aliphatic heterocycles. The molecule has 2 heterocycles. The van der Waals surface area contributed by atoms with E-state index in [0.717, 1.165) is 10.4 Å². The van der Waals surface area contributed by atoms with E-state index in [4.69, 9.17) is 21.1 Å². The maximum atomic E-state index is 12.7. The molecule has 0 radical (unpaired) electrons. The monoisotopic (exact) mass is 410 g/mol. The molecule has 1 aromatic heterocycles. The number of ketones is 1. The molecule has 2 aromatic carbocycles. The van der Waals surface area contributed by atoms with Crippen LogP contribution in [0.3, 0.4) is 0 Å². The lowest BCUT2D eigenvalue weighted by molar-refractivity contribution is 0.0734. The van der Waals surface area contributed by atoms with E-state index in [2.05, 4.69) is 0 Å². The van der Waals surface area contributed by atoms with Crippen molar-refractivity contribution < 1.29 is 19.1 Å². The van der Waals surface area contributed by atoms with Crippen LogP contribution in [0.15, 0.2) is 53.6 Å². The van der Waals surface area contributed by atoms with Gasteiger partial charge in [-0.1, -0.05) is 11.6 Å². The Balaban J connectivity index is 1.61. The van der Waals surface area contributed by atoms with Gasteiger partial charge in [-0.2, -0.15) is 0 Å². The van der Waals surface area contributed by atoms with Crippen molar-refractivity contribution in [3.05, 3.63) is 85.8 Å². The number of thiophene rings is 1. The van der Waals surface area contributed by atoms with Gasteiger partial charge < -0.3 is 9.47 Å². The first-order valence-corrected chi connectivity index (χ1v) is 9.79. The van der Waals surface area contributed by atoms with Crippen LogP contribution < -0.4 is 9.47 Å². The van der Waals surface area contributed by atoms with Crippen LogP contribution in [0.1, 0.15) is 36.7 Å². The van der Waals surface area contributed by atoms with Gasteiger partial charge in [0, 0.05) is 22.0 Å². The average molecular weight is 411 g/mol. The molecule has 0 aliphatic carbocycles. The van der Waals surface area contributed by atoms with E-state index in [1.807, 2.05) is 18.4 Å². The summed E-state index contributed by atoms with van der Waals surface area (Å²) in [5.41, 5.74) is 2.65. The zero-order valence-electron chi connectivity index (χ0n) is 15.1. The fourth-order valence-electron chi connectivity index (χ4n) is 2.94. The van der Waals surface area contributed by atoms with E-state index in [1.165, 1.54) is 0 Å². The van der Waals surface area contributed by atoms with Crippen LogP contribution in [0.5, 0.6) is 11.5 Å². The Morgan fingerprint density at radius 2 is 1.86 bits per heavy atom. The molecule has 4 nitrogen and oxygen atoms in total. The quantitative estimate of drug-likeness (QED) is 0.308. The second-order valence-electron chi connectivity index (χ2n) is 6.42. The molecule has 0 bridgehead atoms. The molecule has 0 amide bonds. The molecule has 6 heteroatoms. The number of ether oxygens (including phenoxy) is 2. The predicted octanol–water partition coefficient (Wildman–Crippen LogP) is 5.85. The summed E-state index contributed by atoms with van der Waals surface area (Å²) in [4.78, 5) is 26.0. The Morgan fingerprint density at radius 3 is 2.54 bits per heavy atom. The number of carbonyl (C=O) groups excluding carboxylic acids is 2. The van der Waals surface area contributed by atoms with Crippen LogP contribution in [-0.2, 0) is 0 Å². The number of benzene rings is 2. The van der Waals surface area contributed by atoms with Crippen LogP contribution >= 0.6 is 22.9 Å². The smallest absolute Gasteiger partial charge is 0.343 e. The molecule has 1 aliphatic rings. The molecule has 0 fully saturated rings. The Hall–Kier alpha value is -2.89.